The molecule has 1 aliphatic carbocycles. The fraction of sp³-hybridized carbons (Fsp3) is 0.192. The Morgan fingerprint density at radius 1 is 0.466 bits per heavy atom. The zero-order valence-corrected chi connectivity index (χ0v) is 34.0. The van der Waals surface area contributed by atoms with Crippen molar-refractivity contribution >= 4 is 55.7 Å². The van der Waals surface area contributed by atoms with Crippen molar-refractivity contribution in [3.05, 3.63) is 181 Å². The molecule has 0 radical (unpaired) electrons. The van der Waals surface area contributed by atoms with Crippen LogP contribution in [0, 0.1) is 31.6 Å². The van der Waals surface area contributed by atoms with Crippen LogP contribution in [0.15, 0.2) is 164 Å². The van der Waals surface area contributed by atoms with E-state index in [1.54, 1.807) is 0 Å². The first-order valence-corrected chi connectivity index (χ1v) is 20.3. The van der Waals surface area contributed by atoms with Gasteiger partial charge in [-0.15, -0.1) is 0 Å². The molecule has 4 heterocycles. The Morgan fingerprint density at radius 3 is 1.53 bits per heavy atom. The number of benzene rings is 4. The Morgan fingerprint density at radius 2 is 1.00 bits per heavy atom. The Hall–Kier alpha value is -6.66. The van der Waals surface area contributed by atoms with E-state index in [9.17, 15) is 0 Å². The summed E-state index contributed by atoms with van der Waals surface area (Å²) in [5, 5.41) is 5.04. The molecule has 4 unspecified atom stereocenters. The van der Waals surface area contributed by atoms with Gasteiger partial charge < -0.3 is 9.80 Å². The maximum absolute atomic E-state index is 4.55. The van der Waals surface area contributed by atoms with Crippen molar-refractivity contribution < 1.29 is 0 Å². The number of allylic oxidation sites excluding steroid dienone is 2. The van der Waals surface area contributed by atoms with Gasteiger partial charge in [-0.25, -0.2) is 0 Å². The fourth-order valence-corrected chi connectivity index (χ4v) is 9.45. The lowest BCUT2D eigenvalue weighted by Gasteiger charge is -2.40. The molecule has 8 aromatic rings. The summed E-state index contributed by atoms with van der Waals surface area (Å²) in [5.41, 5.74) is 14.0. The molecule has 0 saturated heterocycles. The topological polar surface area (TPSA) is 58.0 Å². The highest BCUT2D eigenvalue weighted by molar-refractivity contribution is 6.17. The molecule has 0 aliphatic heterocycles. The van der Waals surface area contributed by atoms with E-state index in [0.717, 1.165) is 34.1 Å². The van der Waals surface area contributed by atoms with Crippen LogP contribution < -0.4 is 9.80 Å². The lowest BCUT2D eigenvalue weighted by Crippen LogP contribution is -2.28. The third kappa shape index (κ3) is 6.68. The number of anilines is 6. The maximum Gasteiger partial charge on any atom is 0.0644 e. The van der Waals surface area contributed by atoms with Crippen molar-refractivity contribution in [2.24, 2.45) is 17.8 Å². The second-order valence-corrected chi connectivity index (χ2v) is 16.1. The van der Waals surface area contributed by atoms with Crippen LogP contribution in [0.1, 0.15) is 50.3 Å². The molecular weight excluding hydrogens is 709 g/mol. The van der Waals surface area contributed by atoms with Crippen LogP contribution in [0.4, 0.5) is 34.1 Å². The van der Waals surface area contributed by atoms with E-state index in [-0.39, 0.29) is 5.92 Å². The van der Waals surface area contributed by atoms with Crippen molar-refractivity contribution in [3.8, 4) is 11.1 Å². The molecule has 286 valence electrons. The number of aromatic nitrogens is 4. The zero-order chi connectivity index (χ0) is 39.9. The first-order valence-electron chi connectivity index (χ1n) is 20.3. The van der Waals surface area contributed by atoms with Gasteiger partial charge in [0.25, 0.3) is 0 Å². The van der Waals surface area contributed by atoms with E-state index in [4.69, 9.17) is 0 Å². The van der Waals surface area contributed by atoms with Crippen LogP contribution in [0.25, 0.3) is 32.7 Å². The molecule has 4 atom stereocenters. The van der Waals surface area contributed by atoms with Crippen molar-refractivity contribution in [3.63, 3.8) is 0 Å². The van der Waals surface area contributed by atoms with Gasteiger partial charge in [-0.05, 0) is 155 Å². The smallest absolute Gasteiger partial charge is 0.0644 e. The molecule has 0 amide bonds. The molecule has 1 aliphatic rings. The predicted octanol–water partition coefficient (Wildman–Crippen LogP) is 13.7. The van der Waals surface area contributed by atoms with Crippen LogP contribution in [-0.2, 0) is 0 Å². The molecule has 0 spiro atoms. The maximum atomic E-state index is 4.55. The number of nitrogens with zero attached hydrogens (tertiary/aromatic N) is 6. The molecule has 6 nitrogen and oxygen atoms in total. The normalized spacial score (nSPS) is 17.9. The molecule has 6 heteroatoms. The van der Waals surface area contributed by atoms with Crippen LogP contribution in [0.5, 0.6) is 0 Å². The Kier molecular flexibility index (Phi) is 9.78. The number of pyridine rings is 4. The average molecular weight is 757 g/mol. The number of rotatable bonds is 8. The molecule has 4 aromatic heterocycles. The van der Waals surface area contributed by atoms with Crippen molar-refractivity contribution in [1.29, 1.82) is 0 Å². The summed E-state index contributed by atoms with van der Waals surface area (Å²) in [6.07, 6.45) is 17.4. The molecular formula is C52H48N6. The Labute approximate surface area is 341 Å². The summed E-state index contributed by atoms with van der Waals surface area (Å²) in [5.74, 6) is 1.48. The predicted molar refractivity (Wildman–Crippen MR) is 241 cm³/mol. The number of fused-ring (bicyclic) bond motifs is 2. The van der Waals surface area contributed by atoms with E-state index in [2.05, 4.69) is 168 Å². The summed E-state index contributed by atoms with van der Waals surface area (Å²) >= 11 is 0. The average Bonchev–Trinajstić information content (AvgIpc) is 3.24. The summed E-state index contributed by atoms with van der Waals surface area (Å²) in [6.45, 7) is 14.0. The van der Waals surface area contributed by atoms with Crippen LogP contribution in [-0.4, -0.2) is 19.9 Å². The third-order valence-electron chi connectivity index (χ3n) is 12.3. The summed E-state index contributed by atoms with van der Waals surface area (Å²) < 4.78 is 0. The fourth-order valence-electron chi connectivity index (χ4n) is 9.45. The monoisotopic (exact) mass is 756 g/mol. The van der Waals surface area contributed by atoms with Crippen LogP contribution in [0.3, 0.4) is 0 Å². The van der Waals surface area contributed by atoms with Gasteiger partial charge in [0.2, 0.25) is 0 Å². The summed E-state index contributed by atoms with van der Waals surface area (Å²) in [7, 11) is 0. The summed E-state index contributed by atoms with van der Waals surface area (Å²) in [6, 6.07) is 37.7. The molecule has 0 fully saturated rings. The van der Waals surface area contributed by atoms with Gasteiger partial charge in [0, 0.05) is 59.9 Å². The Bertz CT molecular complexity index is 2670. The van der Waals surface area contributed by atoms with Crippen molar-refractivity contribution in [2.45, 2.75) is 47.5 Å². The van der Waals surface area contributed by atoms with Crippen molar-refractivity contribution in [1.82, 2.24) is 19.9 Å². The molecule has 0 bridgehead atoms. The van der Waals surface area contributed by atoms with E-state index in [0.29, 0.717) is 17.8 Å². The van der Waals surface area contributed by atoms with Crippen molar-refractivity contribution in [2.75, 3.05) is 9.80 Å². The summed E-state index contributed by atoms with van der Waals surface area (Å²) in [4.78, 5) is 22.4. The second kappa shape index (κ2) is 15.4. The number of aryl methyl sites for hydroxylation is 2. The molecule has 0 saturated carbocycles. The first-order chi connectivity index (χ1) is 28.3. The van der Waals surface area contributed by atoms with Gasteiger partial charge >= 0.3 is 0 Å². The lowest BCUT2D eigenvalue weighted by atomic mass is 9.65. The van der Waals surface area contributed by atoms with E-state index >= 15 is 0 Å². The Balaban J connectivity index is 1.41. The molecule has 0 N–H and O–H groups in total. The van der Waals surface area contributed by atoms with Crippen LogP contribution in [0.2, 0.25) is 0 Å². The second-order valence-electron chi connectivity index (χ2n) is 16.1. The van der Waals surface area contributed by atoms with Gasteiger partial charge in [-0.2, -0.15) is 0 Å². The third-order valence-corrected chi connectivity index (χ3v) is 12.3. The quantitative estimate of drug-likeness (QED) is 0.114. The van der Waals surface area contributed by atoms with Gasteiger partial charge in [0.15, 0.2) is 0 Å². The highest BCUT2D eigenvalue weighted by Gasteiger charge is 2.36. The minimum atomic E-state index is 0.279. The minimum Gasteiger partial charge on any atom is -0.309 e. The van der Waals surface area contributed by atoms with Gasteiger partial charge in [0.1, 0.15) is 0 Å². The molecule has 9 rings (SSSR count). The number of hydrogen-bond donors (Lipinski definition) is 0. The largest absolute Gasteiger partial charge is 0.309 e. The molecule has 4 aromatic carbocycles. The first kappa shape index (κ1) is 36.9. The molecule has 58 heavy (non-hydrogen) atoms. The minimum absolute atomic E-state index is 0.279. The highest BCUT2D eigenvalue weighted by Crippen LogP contribution is 2.53. The number of hydrogen-bond acceptors (Lipinski definition) is 6. The van der Waals surface area contributed by atoms with E-state index < -0.39 is 0 Å². The van der Waals surface area contributed by atoms with E-state index in [1.165, 1.54) is 54.9 Å². The van der Waals surface area contributed by atoms with Gasteiger partial charge in [-0.3, -0.25) is 19.9 Å². The lowest BCUT2D eigenvalue weighted by molar-refractivity contribution is 0.297. The SMILES string of the molecule is CC1=CC(C)C(C)C(c2c3ccc(N(c4ccncc4)c4cccnc4)cc3c(-c3cc(C)cc(C)c3)c3ccc(N(c4ccncc4)c4cccnc4)cc23)C1C. The van der Waals surface area contributed by atoms with Gasteiger partial charge in [0.05, 0.1) is 23.8 Å². The zero-order valence-electron chi connectivity index (χ0n) is 34.0. The van der Waals surface area contributed by atoms with E-state index in [1.807, 2.05) is 61.7 Å². The van der Waals surface area contributed by atoms with Gasteiger partial charge in [-0.1, -0.05) is 73.9 Å². The standard InChI is InChI=1S/C52H48N6/c1-33-25-34(2)27-39(26-33)51-46-13-11-43(58(41-17-23-54-24-18-41)45-10-8-20-56-32-45)30-49(46)52(50-37(5)35(3)28-36(4)38(50)6)47-14-12-42(29-48(47)51)57(40-15-21-53-22-16-40)44-9-7-19-55-31-44/h7-32,35,37-38,50H,1-6H3. The van der Waals surface area contributed by atoms with Crippen LogP contribution >= 0.6 is 0 Å². The highest BCUT2D eigenvalue weighted by atomic mass is 15.2.